The molecule has 0 aliphatic carbocycles. The second kappa shape index (κ2) is 7.55. The zero-order chi connectivity index (χ0) is 18.8. The molecule has 5 heteroatoms. The Kier molecular flexibility index (Phi) is 4.97. The minimum absolute atomic E-state index is 0.508. The highest BCUT2D eigenvalue weighted by Gasteiger charge is 2.10. The number of nitrogens with zero attached hydrogens (tertiary/aromatic N) is 3. The van der Waals surface area contributed by atoms with Crippen LogP contribution in [0.25, 0.3) is 11.0 Å². The molecule has 4 rings (SSSR count). The third-order valence-corrected chi connectivity index (χ3v) is 5.11. The lowest BCUT2D eigenvalue weighted by molar-refractivity contribution is 0.827. The average Bonchev–Trinajstić information content (AvgIpc) is 3.02. The van der Waals surface area contributed by atoms with E-state index in [4.69, 9.17) is 23.2 Å². The van der Waals surface area contributed by atoms with Crippen molar-refractivity contribution in [3.8, 4) is 0 Å². The van der Waals surface area contributed by atoms with Crippen molar-refractivity contribution >= 4 is 46.4 Å². The van der Waals surface area contributed by atoms with Crippen LogP contribution in [0.1, 0.15) is 16.7 Å². The van der Waals surface area contributed by atoms with E-state index in [-0.39, 0.29) is 0 Å². The minimum Gasteiger partial charge on any atom is -0.304 e. The molecule has 27 heavy (non-hydrogen) atoms. The number of fused-ring (bicyclic) bond motifs is 1. The molecule has 0 unspecified atom stereocenters. The minimum atomic E-state index is 0.508. The summed E-state index contributed by atoms with van der Waals surface area (Å²) in [5.74, 6) is 0.655. The number of hydrogen-bond donors (Lipinski definition) is 0. The van der Waals surface area contributed by atoms with E-state index in [1.807, 2.05) is 24.3 Å². The molecule has 134 valence electrons. The van der Waals surface area contributed by atoms with Crippen LogP contribution in [-0.4, -0.2) is 15.8 Å². The number of aryl methyl sites for hydroxylation is 1. The van der Waals surface area contributed by atoms with Gasteiger partial charge in [-0.15, -0.1) is 0 Å². The monoisotopic (exact) mass is 393 g/mol. The molecule has 0 spiro atoms. The first-order chi connectivity index (χ1) is 13.1. The zero-order valence-electron chi connectivity index (χ0n) is 14.7. The highest BCUT2D eigenvalue weighted by Crippen LogP contribution is 2.25. The number of halogens is 2. The van der Waals surface area contributed by atoms with E-state index < -0.39 is 0 Å². The van der Waals surface area contributed by atoms with E-state index >= 15 is 0 Å². The van der Waals surface area contributed by atoms with Gasteiger partial charge < -0.3 is 4.57 Å². The van der Waals surface area contributed by atoms with Gasteiger partial charge in [-0.1, -0.05) is 71.2 Å². The van der Waals surface area contributed by atoms with Crippen molar-refractivity contribution < 1.29 is 0 Å². The van der Waals surface area contributed by atoms with Crippen molar-refractivity contribution in [2.24, 2.45) is 4.99 Å². The Bertz CT molecular complexity index is 1130. The largest absolute Gasteiger partial charge is 0.304 e. The molecule has 0 atom stereocenters. The number of aliphatic imine (C=N–C) groups is 1. The molecule has 3 nitrogen and oxygen atoms in total. The lowest BCUT2D eigenvalue weighted by Gasteiger charge is -2.07. The van der Waals surface area contributed by atoms with E-state index in [2.05, 4.69) is 51.8 Å². The summed E-state index contributed by atoms with van der Waals surface area (Å²) in [6, 6.07) is 22.0. The van der Waals surface area contributed by atoms with Crippen LogP contribution in [-0.2, 0) is 6.54 Å². The second-order valence-corrected chi connectivity index (χ2v) is 7.22. The van der Waals surface area contributed by atoms with Crippen molar-refractivity contribution in [1.29, 1.82) is 0 Å². The summed E-state index contributed by atoms with van der Waals surface area (Å²) in [5, 5.41) is 1.04. The molecule has 1 aromatic heterocycles. The number of aromatic nitrogens is 2. The number of benzene rings is 3. The molecule has 0 aliphatic rings. The SMILES string of the molecule is Cc1ccc(Cn2c(N=Cc3ccc(Cl)c(Cl)c3)nc3ccccc32)cc1. The van der Waals surface area contributed by atoms with E-state index in [1.54, 1.807) is 18.3 Å². The summed E-state index contributed by atoms with van der Waals surface area (Å²) in [5.41, 5.74) is 5.30. The van der Waals surface area contributed by atoms with Crippen LogP contribution in [0.15, 0.2) is 71.7 Å². The van der Waals surface area contributed by atoms with Gasteiger partial charge >= 0.3 is 0 Å². The second-order valence-electron chi connectivity index (χ2n) is 6.40. The van der Waals surface area contributed by atoms with E-state index in [0.29, 0.717) is 22.5 Å². The van der Waals surface area contributed by atoms with Crippen molar-refractivity contribution in [3.05, 3.63) is 93.5 Å². The molecule has 3 aromatic carbocycles. The summed E-state index contributed by atoms with van der Waals surface area (Å²) in [4.78, 5) is 9.31. The molecule has 0 radical (unpaired) electrons. The molecular formula is C22H17Cl2N3. The maximum atomic E-state index is 6.10. The van der Waals surface area contributed by atoms with Crippen LogP contribution in [0.5, 0.6) is 0 Å². The van der Waals surface area contributed by atoms with Gasteiger partial charge in [-0.25, -0.2) is 9.98 Å². The Hall–Kier alpha value is -2.62. The number of imidazole rings is 1. The number of rotatable bonds is 4. The fourth-order valence-electron chi connectivity index (χ4n) is 2.92. The first-order valence-corrected chi connectivity index (χ1v) is 9.36. The quantitative estimate of drug-likeness (QED) is 0.366. The fourth-order valence-corrected chi connectivity index (χ4v) is 3.22. The fraction of sp³-hybridized carbons (Fsp3) is 0.0909. The molecule has 4 aromatic rings. The lowest BCUT2D eigenvalue weighted by atomic mass is 10.1. The van der Waals surface area contributed by atoms with E-state index in [9.17, 15) is 0 Å². The molecule has 0 bridgehead atoms. The number of hydrogen-bond acceptors (Lipinski definition) is 2. The molecule has 0 amide bonds. The Labute approximate surface area is 167 Å². The van der Waals surface area contributed by atoms with Gasteiger partial charge in [0.05, 0.1) is 27.6 Å². The Balaban J connectivity index is 1.74. The number of para-hydroxylation sites is 2. The third kappa shape index (κ3) is 3.90. The smallest absolute Gasteiger partial charge is 0.230 e. The molecule has 0 fully saturated rings. The van der Waals surface area contributed by atoms with Gasteiger partial charge in [0.15, 0.2) is 0 Å². The van der Waals surface area contributed by atoms with Gasteiger partial charge in [0.25, 0.3) is 0 Å². The summed E-state index contributed by atoms with van der Waals surface area (Å²) < 4.78 is 2.12. The Morgan fingerprint density at radius 3 is 2.52 bits per heavy atom. The molecule has 0 N–H and O–H groups in total. The van der Waals surface area contributed by atoms with Crippen LogP contribution >= 0.6 is 23.2 Å². The van der Waals surface area contributed by atoms with Crippen LogP contribution in [0.2, 0.25) is 10.0 Å². The van der Waals surface area contributed by atoms with E-state index in [0.717, 1.165) is 16.6 Å². The summed E-state index contributed by atoms with van der Waals surface area (Å²) >= 11 is 12.1. The molecular weight excluding hydrogens is 377 g/mol. The zero-order valence-corrected chi connectivity index (χ0v) is 16.2. The van der Waals surface area contributed by atoms with Crippen LogP contribution in [0, 0.1) is 6.92 Å². The van der Waals surface area contributed by atoms with Crippen LogP contribution < -0.4 is 0 Å². The normalized spacial score (nSPS) is 11.5. The van der Waals surface area contributed by atoms with Crippen LogP contribution in [0.3, 0.4) is 0 Å². The summed E-state index contributed by atoms with van der Waals surface area (Å²) in [7, 11) is 0. The predicted octanol–water partition coefficient (Wildman–Crippen LogP) is 6.45. The summed E-state index contributed by atoms with van der Waals surface area (Å²) in [6.07, 6.45) is 1.76. The van der Waals surface area contributed by atoms with E-state index in [1.165, 1.54) is 11.1 Å². The summed E-state index contributed by atoms with van der Waals surface area (Å²) in [6.45, 7) is 2.79. The maximum Gasteiger partial charge on any atom is 0.230 e. The van der Waals surface area contributed by atoms with Crippen molar-refractivity contribution in [2.75, 3.05) is 0 Å². The van der Waals surface area contributed by atoms with Crippen molar-refractivity contribution in [2.45, 2.75) is 13.5 Å². The molecule has 1 heterocycles. The van der Waals surface area contributed by atoms with Gasteiger partial charge in [-0.2, -0.15) is 0 Å². The van der Waals surface area contributed by atoms with Gasteiger partial charge in [-0.3, -0.25) is 0 Å². The highest BCUT2D eigenvalue weighted by atomic mass is 35.5. The Morgan fingerprint density at radius 1 is 0.963 bits per heavy atom. The van der Waals surface area contributed by atoms with Gasteiger partial charge in [-0.05, 0) is 42.3 Å². The van der Waals surface area contributed by atoms with Gasteiger partial charge in [0.2, 0.25) is 5.95 Å². The first-order valence-electron chi connectivity index (χ1n) is 8.60. The van der Waals surface area contributed by atoms with Gasteiger partial charge in [0, 0.05) is 6.21 Å². The van der Waals surface area contributed by atoms with Crippen molar-refractivity contribution in [1.82, 2.24) is 9.55 Å². The standard InChI is InChI=1S/C22H17Cl2N3/c1-15-6-8-16(9-7-15)14-27-21-5-3-2-4-20(21)26-22(27)25-13-17-10-11-18(23)19(24)12-17/h2-13H,14H2,1H3. The predicted molar refractivity (Wildman–Crippen MR) is 114 cm³/mol. The Morgan fingerprint density at radius 2 is 1.74 bits per heavy atom. The van der Waals surface area contributed by atoms with Gasteiger partial charge in [0.1, 0.15) is 0 Å². The topological polar surface area (TPSA) is 30.2 Å². The lowest BCUT2D eigenvalue weighted by Crippen LogP contribution is -1.99. The molecule has 0 saturated carbocycles. The average molecular weight is 394 g/mol. The third-order valence-electron chi connectivity index (χ3n) is 4.37. The van der Waals surface area contributed by atoms with Crippen LogP contribution in [0.4, 0.5) is 5.95 Å². The first kappa shape index (κ1) is 17.8. The van der Waals surface area contributed by atoms with Crippen molar-refractivity contribution in [3.63, 3.8) is 0 Å². The molecule has 0 aliphatic heterocycles. The maximum absolute atomic E-state index is 6.10. The highest BCUT2D eigenvalue weighted by molar-refractivity contribution is 6.42. The molecule has 0 saturated heterocycles.